The Hall–Kier alpha value is -0.431. The molecule has 2 N–H and O–H groups in total. The number of aliphatic hydroxyl groups excluding tert-OH is 2. The van der Waals surface area contributed by atoms with E-state index in [1.54, 1.807) is 0 Å². The summed E-state index contributed by atoms with van der Waals surface area (Å²) < 4.78 is 12.9. The van der Waals surface area contributed by atoms with Crippen LogP contribution in [0.1, 0.15) is 6.42 Å². The number of aliphatic hydroxyl groups is 2. The van der Waals surface area contributed by atoms with Crippen molar-refractivity contribution in [2.45, 2.75) is 18.6 Å². The number of benzene rings is 2. The van der Waals surface area contributed by atoms with Gasteiger partial charge in [-0.05, 0) is 48.5 Å². The number of halogens is 2. The van der Waals surface area contributed by atoms with Crippen molar-refractivity contribution in [1.29, 1.82) is 0 Å². The first-order chi connectivity index (χ1) is 11.0. The fourth-order valence-corrected chi connectivity index (χ4v) is 2.43. The first kappa shape index (κ1) is 21.6. The number of rotatable bonds is 8. The van der Waals surface area contributed by atoms with Gasteiger partial charge in [0.15, 0.2) is 0 Å². The van der Waals surface area contributed by atoms with Gasteiger partial charge in [-0.2, -0.15) is 0 Å². The summed E-state index contributed by atoms with van der Waals surface area (Å²) >= 11 is 6.69. The third kappa shape index (κ3) is 8.10. The van der Waals surface area contributed by atoms with E-state index in [0.717, 1.165) is 8.95 Å². The van der Waals surface area contributed by atoms with E-state index in [1.165, 1.54) is 0 Å². The van der Waals surface area contributed by atoms with Crippen LogP contribution in [0.25, 0.3) is 0 Å². The Morgan fingerprint density at radius 1 is 0.708 bits per heavy atom. The molecule has 0 amide bonds. The van der Waals surface area contributed by atoms with E-state index in [2.05, 4.69) is 31.9 Å². The summed E-state index contributed by atoms with van der Waals surface area (Å²) in [6.07, 6.45) is -1.34. The quantitative estimate of drug-likeness (QED) is 0.463. The summed E-state index contributed by atoms with van der Waals surface area (Å²) in [5.74, 6) is 1.35. The fraction of sp³-hybridized carbons (Fsp3) is 0.294. The minimum Gasteiger partial charge on any atom is -0.491 e. The zero-order valence-corrected chi connectivity index (χ0v) is 18.3. The second-order valence-electron chi connectivity index (χ2n) is 5.07. The normalized spacial score (nSPS) is 12.8. The van der Waals surface area contributed by atoms with Crippen LogP contribution in [0.2, 0.25) is 0 Å². The summed E-state index contributed by atoms with van der Waals surface area (Å²) in [7, 11) is 0. The van der Waals surface area contributed by atoms with Crippen LogP contribution in [0.3, 0.4) is 0 Å². The molecular weight excluding hydrogens is 620 g/mol. The molecule has 7 heteroatoms. The third-order valence-electron chi connectivity index (χ3n) is 3.06. The summed E-state index contributed by atoms with van der Waals surface area (Å²) in [6, 6.07) is 14.7. The minimum atomic E-state index is -0.762. The second kappa shape index (κ2) is 11.2. The molecule has 0 aliphatic rings. The van der Waals surface area contributed by atoms with Gasteiger partial charge in [0.2, 0.25) is 0 Å². The Kier molecular flexibility index (Phi) is 10.1. The molecule has 2 aromatic carbocycles. The minimum absolute atomic E-state index is 0. The zero-order valence-electron chi connectivity index (χ0n) is 12.7. The molecule has 0 aliphatic carbocycles. The van der Waals surface area contributed by atoms with Crippen LogP contribution in [-0.2, 0) is 20.1 Å². The molecule has 0 fully saturated rings. The Labute approximate surface area is 171 Å². The number of hydrogen-bond acceptors (Lipinski definition) is 4. The van der Waals surface area contributed by atoms with E-state index in [4.69, 9.17) is 9.47 Å². The fourth-order valence-electron chi connectivity index (χ4n) is 1.90. The molecule has 2 rings (SSSR count). The van der Waals surface area contributed by atoms with Gasteiger partial charge in [0.05, 0.1) is 12.2 Å². The van der Waals surface area contributed by atoms with Crippen molar-refractivity contribution in [2.24, 2.45) is 0 Å². The van der Waals surface area contributed by atoms with Crippen molar-refractivity contribution in [2.75, 3.05) is 13.2 Å². The summed E-state index contributed by atoms with van der Waals surface area (Å²) in [6.45, 7) is 0.244. The average molecular weight is 638 g/mol. The van der Waals surface area contributed by atoms with Crippen molar-refractivity contribution in [1.82, 2.24) is 0 Å². The van der Waals surface area contributed by atoms with Gasteiger partial charge < -0.3 is 19.7 Å². The molecule has 24 heavy (non-hydrogen) atoms. The number of hydrogen-bond donors (Lipinski definition) is 2. The average Bonchev–Trinajstić information content (AvgIpc) is 2.54. The molecule has 0 spiro atoms. The van der Waals surface area contributed by atoms with E-state index in [-0.39, 0.29) is 39.7 Å². The Morgan fingerprint density at radius 3 is 1.38 bits per heavy atom. The maximum atomic E-state index is 9.91. The van der Waals surface area contributed by atoms with Crippen molar-refractivity contribution < 1.29 is 39.8 Å². The van der Waals surface area contributed by atoms with E-state index >= 15 is 0 Å². The molecule has 0 bridgehead atoms. The van der Waals surface area contributed by atoms with Gasteiger partial charge in [-0.25, -0.2) is 0 Å². The first-order valence-electron chi connectivity index (χ1n) is 7.16. The Balaban J connectivity index is 0.00000288. The Bertz CT molecular complexity index is 539. The van der Waals surface area contributed by atoms with Crippen LogP contribution in [0, 0.1) is 0 Å². The smallest absolute Gasteiger partial charge is 0.119 e. The van der Waals surface area contributed by atoms with Gasteiger partial charge in [-0.1, -0.05) is 31.9 Å². The van der Waals surface area contributed by atoms with Crippen LogP contribution in [-0.4, -0.2) is 35.6 Å². The maximum absolute atomic E-state index is 9.91. The van der Waals surface area contributed by atoms with Crippen LogP contribution in [0.5, 0.6) is 11.5 Å². The predicted molar refractivity (Wildman–Crippen MR) is 95.9 cm³/mol. The Morgan fingerprint density at radius 2 is 1.04 bits per heavy atom. The molecule has 2 aromatic rings. The largest absolute Gasteiger partial charge is 0.491 e. The van der Waals surface area contributed by atoms with E-state index in [9.17, 15) is 10.2 Å². The molecule has 0 saturated heterocycles. The van der Waals surface area contributed by atoms with E-state index < -0.39 is 12.2 Å². The van der Waals surface area contributed by atoms with Crippen molar-refractivity contribution in [3.63, 3.8) is 0 Å². The van der Waals surface area contributed by atoms with E-state index in [0.29, 0.717) is 11.5 Å². The summed E-state index contributed by atoms with van der Waals surface area (Å²) in [5, 5.41) is 19.8. The molecule has 0 heterocycles. The van der Waals surface area contributed by atoms with Crippen molar-refractivity contribution >= 4 is 31.9 Å². The molecule has 0 aromatic heterocycles. The van der Waals surface area contributed by atoms with Crippen molar-refractivity contribution in [3.05, 3.63) is 57.5 Å². The standard InChI is InChI=1S/C17H18Br2O4.Ir/c18-12-1-5-16(6-2-12)22-10-14(20)9-15(21)11-23-17-7-3-13(19)4-8-17;/h1-8,14-15,20-21H,9-11H2;. The van der Waals surface area contributed by atoms with Crippen LogP contribution in [0.4, 0.5) is 0 Å². The number of ether oxygens (including phenoxy) is 2. The van der Waals surface area contributed by atoms with Gasteiger partial charge in [0.1, 0.15) is 24.7 Å². The monoisotopic (exact) mass is 637 g/mol. The van der Waals surface area contributed by atoms with Crippen LogP contribution in [0.15, 0.2) is 57.5 Å². The molecule has 4 nitrogen and oxygen atoms in total. The zero-order chi connectivity index (χ0) is 16.7. The van der Waals surface area contributed by atoms with Gasteiger partial charge in [-0.3, -0.25) is 0 Å². The van der Waals surface area contributed by atoms with E-state index in [1.807, 2.05) is 48.5 Å². The molecule has 2 unspecified atom stereocenters. The van der Waals surface area contributed by atoms with Gasteiger partial charge in [-0.15, -0.1) is 0 Å². The maximum Gasteiger partial charge on any atom is 0.119 e. The molecule has 2 atom stereocenters. The first-order valence-corrected chi connectivity index (χ1v) is 8.74. The van der Waals surface area contributed by atoms with Gasteiger partial charge in [0.25, 0.3) is 0 Å². The SMILES string of the molecule is OC(COc1ccc(Br)cc1)CC(O)COc1ccc(Br)cc1.[Ir]. The van der Waals surface area contributed by atoms with Crippen LogP contribution >= 0.6 is 31.9 Å². The van der Waals surface area contributed by atoms with Crippen LogP contribution < -0.4 is 9.47 Å². The molecule has 133 valence electrons. The molecular formula is C17H18Br2IrO4. The molecule has 0 aliphatic heterocycles. The van der Waals surface area contributed by atoms with Gasteiger partial charge in [0, 0.05) is 35.5 Å². The molecule has 1 radical (unpaired) electrons. The topological polar surface area (TPSA) is 58.9 Å². The van der Waals surface area contributed by atoms with Gasteiger partial charge >= 0.3 is 0 Å². The predicted octanol–water partition coefficient (Wildman–Crippen LogP) is 3.78. The summed E-state index contributed by atoms with van der Waals surface area (Å²) in [4.78, 5) is 0. The van der Waals surface area contributed by atoms with Crippen molar-refractivity contribution in [3.8, 4) is 11.5 Å². The molecule has 0 saturated carbocycles. The second-order valence-corrected chi connectivity index (χ2v) is 6.90. The summed E-state index contributed by atoms with van der Waals surface area (Å²) in [5.41, 5.74) is 0. The third-order valence-corrected chi connectivity index (χ3v) is 4.11.